The van der Waals surface area contributed by atoms with Crippen molar-refractivity contribution in [2.45, 2.75) is 18.4 Å². The predicted octanol–water partition coefficient (Wildman–Crippen LogP) is -0.0867. The molecule has 1 atom stereocenters. The second-order valence-corrected chi connectivity index (χ2v) is 4.00. The molecule has 4 heteroatoms. The zero-order valence-electron chi connectivity index (χ0n) is 7.79. The number of rotatable bonds is 2. The number of methoxy groups -OCH3 is 1. The van der Waals surface area contributed by atoms with E-state index in [0.717, 1.165) is 12.8 Å². The smallest absolute Gasteiger partial charge is 0.311 e. The van der Waals surface area contributed by atoms with E-state index >= 15 is 0 Å². The zero-order valence-corrected chi connectivity index (χ0v) is 7.79. The van der Waals surface area contributed by atoms with E-state index in [4.69, 9.17) is 15.2 Å². The quantitative estimate of drug-likeness (QED) is 0.611. The summed E-state index contributed by atoms with van der Waals surface area (Å²) in [7, 11) is 1.42. The van der Waals surface area contributed by atoms with Crippen molar-refractivity contribution in [3.63, 3.8) is 0 Å². The van der Waals surface area contributed by atoms with Crippen LogP contribution in [-0.2, 0) is 14.3 Å². The highest BCUT2D eigenvalue weighted by atomic mass is 16.5. The lowest BCUT2D eigenvalue weighted by atomic mass is 9.63. The lowest BCUT2D eigenvalue weighted by molar-refractivity contribution is -0.210. The minimum atomic E-state index is -0.143. The molecule has 0 spiro atoms. The molecule has 0 aromatic heterocycles. The monoisotopic (exact) mass is 185 g/mol. The molecule has 13 heavy (non-hydrogen) atoms. The molecule has 3 fully saturated rings. The molecule has 3 aliphatic rings. The minimum absolute atomic E-state index is 0.0570. The van der Waals surface area contributed by atoms with E-state index in [0.29, 0.717) is 19.1 Å². The van der Waals surface area contributed by atoms with Crippen molar-refractivity contribution in [2.24, 2.45) is 17.6 Å². The van der Waals surface area contributed by atoms with Crippen LogP contribution in [-0.4, -0.2) is 31.8 Å². The molecule has 2 heterocycles. The van der Waals surface area contributed by atoms with Crippen LogP contribution in [0.3, 0.4) is 0 Å². The number of esters is 1. The second kappa shape index (κ2) is 2.96. The third-order valence-corrected chi connectivity index (χ3v) is 3.28. The number of carbonyl (C=O) groups is 1. The number of hydrogen-bond acceptors (Lipinski definition) is 4. The van der Waals surface area contributed by atoms with Crippen molar-refractivity contribution < 1.29 is 14.3 Å². The number of fused-ring (bicyclic) bond motifs is 2. The fourth-order valence-electron chi connectivity index (χ4n) is 2.34. The van der Waals surface area contributed by atoms with Crippen LogP contribution >= 0.6 is 0 Å². The molecule has 1 unspecified atom stereocenters. The summed E-state index contributed by atoms with van der Waals surface area (Å²) in [4.78, 5) is 11.3. The summed E-state index contributed by atoms with van der Waals surface area (Å²) in [6.45, 7) is 1.05. The van der Waals surface area contributed by atoms with Gasteiger partial charge in [0, 0.05) is 6.54 Å². The standard InChI is InChI=1S/C9H15NO3/c1-12-8(11)7-4-13-9(5-10)2-6(7)3-9/h6-7H,2-5,10H2,1H3. The molecule has 0 aromatic carbocycles. The van der Waals surface area contributed by atoms with E-state index in [9.17, 15) is 4.79 Å². The maximum absolute atomic E-state index is 11.3. The van der Waals surface area contributed by atoms with E-state index < -0.39 is 0 Å². The maximum atomic E-state index is 11.3. The molecule has 4 nitrogen and oxygen atoms in total. The molecular weight excluding hydrogens is 170 g/mol. The summed E-state index contributed by atoms with van der Waals surface area (Å²) < 4.78 is 10.3. The molecule has 0 aromatic rings. The van der Waals surface area contributed by atoms with Gasteiger partial charge in [0.1, 0.15) is 0 Å². The summed E-state index contributed by atoms with van der Waals surface area (Å²) >= 11 is 0. The summed E-state index contributed by atoms with van der Waals surface area (Å²) in [5, 5.41) is 0. The highest BCUT2D eigenvalue weighted by Gasteiger charge is 2.54. The Bertz CT molecular complexity index is 217. The maximum Gasteiger partial charge on any atom is 0.311 e. The van der Waals surface area contributed by atoms with Gasteiger partial charge in [-0.1, -0.05) is 0 Å². The lowest BCUT2D eigenvalue weighted by Crippen LogP contribution is -2.60. The van der Waals surface area contributed by atoms with E-state index in [1.54, 1.807) is 0 Å². The first-order chi connectivity index (χ1) is 6.21. The molecule has 2 saturated heterocycles. The third-order valence-electron chi connectivity index (χ3n) is 3.28. The van der Waals surface area contributed by atoms with Crippen molar-refractivity contribution >= 4 is 5.97 Å². The van der Waals surface area contributed by atoms with E-state index in [1.807, 2.05) is 0 Å². The minimum Gasteiger partial charge on any atom is -0.469 e. The first-order valence-corrected chi connectivity index (χ1v) is 4.62. The van der Waals surface area contributed by atoms with Gasteiger partial charge in [0.25, 0.3) is 0 Å². The third kappa shape index (κ3) is 1.25. The fourth-order valence-corrected chi connectivity index (χ4v) is 2.34. The van der Waals surface area contributed by atoms with Gasteiger partial charge in [0.05, 0.1) is 25.2 Å². The van der Waals surface area contributed by atoms with E-state index in [1.165, 1.54) is 7.11 Å². The fraction of sp³-hybridized carbons (Fsp3) is 0.889. The van der Waals surface area contributed by atoms with Crippen LogP contribution in [0.15, 0.2) is 0 Å². The normalized spacial score (nSPS) is 42.3. The Morgan fingerprint density at radius 1 is 1.69 bits per heavy atom. The Morgan fingerprint density at radius 2 is 2.38 bits per heavy atom. The number of nitrogens with two attached hydrogens (primary N) is 1. The Morgan fingerprint density at radius 3 is 2.77 bits per heavy atom. The second-order valence-electron chi connectivity index (χ2n) is 4.00. The largest absolute Gasteiger partial charge is 0.469 e. The highest BCUT2D eigenvalue weighted by molar-refractivity contribution is 5.73. The summed E-state index contributed by atoms with van der Waals surface area (Å²) in [6.07, 6.45) is 1.84. The number of hydrogen-bond donors (Lipinski definition) is 1. The van der Waals surface area contributed by atoms with Crippen LogP contribution in [0.2, 0.25) is 0 Å². The van der Waals surface area contributed by atoms with Crippen molar-refractivity contribution in [1.29, 1.82) is 0 Å². The average Bonchev–Trinajstić information content (AvgIpc) is 2.15. The Balaban J connectivity index is 1.97. The molecule has 2 N–H and O–H groups in total. The first-order valence-electron chi connectivity index (χ1n) is 4.62. The molecule has 0 radical (unpaired) electrons. The average molecular weight is 185 g/mol. The van der Waals surface area contributed by atoms with Crippen molar-refractivity contribution in [1.82, 2.24) is 0 Å². The molecule has 74 valence electrons. The SMILES string of the molecule is COC(=O)C1COC2(CN)CC1C2. The molecular formula is C9H15NO3. The lowest BCUT2D eigenvalue weighted by Gasteiger charge is -2.54. The van der Waals surface area contributed by atoms with Crippen molar-refractivity contribution in [3.05, 3.63) is 0 Å². The van der Waals surface area contributed by atoms with Gasteiger partial charge in [-0.3, -0.25) is 4.79 Å². The number of ether oxygens (including phenoxy) is 2. The summed E-state index contributed by atoms with van der Waals surface area (Å²) in [5.41, 5.74) is 5.49. The van der Waals surface area contributed by atoms with Crippen LogP contribution in [0.4, 0.5) is 0 Å². The molecule has 0 amide bonds. The van der Waals surface area contributed by atoms with Crippen LogP contribution in [0.1, 0.15) is 12.8 Å². The molecule has 1 saturated carbocycles. The Labute approximate surface area is 77.4 Å². The predicted molar refractivity (Wildman–Crippen MR) is 46.0 cm³/mol. The van der Waals surface area contributed by atoms with Gasteiger partial charge in [0.2, 0.25) is 0 Å². The van der Waals surface area contributed by atoms with Crippen molar-refractivity contribution in [2.75, 3.05) is 20.3 Å². The molecule has 1 aliphatic carbocycles. The van der Waals surface area contributed by atoms with Crippen LogP contribution in [0.5, 0.6) is 0 Å². The van der Waals surface area contributed by atoms with Crippen LogP contribution < -0.4 is 5.73 Å². The Kier molecular flexibility index (Phi) is 2.04. The van der Waals surface area contributed by atoms with E-state index in [2.05, 4.69) is 0 Å². The molecule has 2 bridgehead atoms. The van der Waals surface area contributed by atoms with Gasteiger partial charge in [-0.05, 0) is 18.8 Å². The Hall–Kier alpha value is -0.610. The van der Waals surface area contributed by atoms with Crippen LogP contribution in [0.25, 0.3) is 0 Å². The van der Waals surface area contributed by atoms with E-state index in [-0.39, 0.29) is 17.5 Å². The van der Waals surface area contributed by atoms with Gasteiger partial charge in [-0.25, -0.2) is 0 Å². The van der Waals surface area contributed by atoms with Gasteiger partial charge in [-0.2, -0.15) is 0 Å². The van der Waals surface area contributed by atoms with Crippen molar-refractivity contribution in [3.8, 4) is 0 Å². The van der Waals surface area contributed by atoms with Gasteiger partial charge in [0.15, 0.2) is 0 Å². The molecule has 2 aliphatic heterocycles. The highest BCUT2D eigenvalue weighted by Crippen LogP contribution is 2.49. The summed E-state index contributed by atoms with van der Waals surface area (Å²) in [6, 6.07) is 0. The number of carbonyl (C=O) groups excluding carboxylic acids is 1. The van der Waals surface area contributed by atoms with Crippen LogP contribution in [0, 0.1) is 11.8 Å². The zero-order chi connectivity index (χ0) is 9.47. The summed E-state index contributed by atoms with van der Waals surface area (Å²) in [5.74, 6) is 0.235. The topological polar surface area (TPSA) is 61.5 Å². The van der Waals surface area contributed by atoms with Gasteiger partial charge < -0.3 is 15.2 Å². The molecule has 3 rings (SSSR count). The van der Waals surface area contributed by atoms with Gasteiger partial charge in [-0.15, -0.1) is 0 Å². The first kappa shape index (κ1) is 8.97. The van der Waals surface area contributed by atoms with Gasteiger partial charge >= 0.3 is 5.97 Å².